The van der Waals surface area contributed by atoms with Crippen molar-refractivity contribution < 1.29 is 9.53 Å². The molecular formula is C21H25N3O2. The molecule has 1 aromatic carbocycles. The zero-order valence-corrected chi connectivity index (χ0v) is 15.5. The van der Waals surface area contributed by atoms with E-state index in [4.69, 9.17) is 4.74 Å². The topological polar surface area (TPSA) is 54.5 Å². The minimum atomic E-state index is -0.0351. The fourth-order valence-electron chi connectivity index (χ4n) is 4.28. The third-order valence-corrected chi connectivity index (χ3v) is 5.76. The highest BCUT2D eigenvalue weighted by Crippen LogP contribution is 2.43. The fourth-order valence-corrected chi connectivity index (χ4v) is 4.28. The van der Waals surface area contributed by atoms with E-state index in [-0.39, 0.29) is 17.5 Å². The minimum Gasteiger partial charge on any atom is -0.379 e. The maximum Gasteiger partial charge on any atom is 0.322 e. The van der Waals surface area contributed by atoms with E-state index in [0.29, 0.717) is 12.5 Å². The van der Waals surface area contributed by atoms with Crippen LogP contribution in [0.15, 0.2) is 42.7 Å². The van der Waals surface area contributed by atoms with E-state index in [2.05, 4.69) is 37.1 Å². The van der Waals surface area contributed by atoms with Gasteiger partial charge in [0.25, 0.3) is 0 Å². The van der Waals surface area contributed by atoms with Gasteiger partial charge in [0.1, 0.15) is 0 Å². The summed E-state index contributed by atoms with van der Waals surface area (Å²) in [6, 6.07) is 10.2. The molecule has 0 bridgehead atoms. The number of hydrogen-bond donors (Lipinski definition) is 1. The molecule has 26 heavy (non-hydrogen) atoms. The van der Waals surface area contributed by atoms with Crippen molar-refractivity contribution in [3.8, 4) is 11.1 Å². The number of carbonyl (C=O) groups excluding carboxylic acids is 1. The number of ether oxygens (including phenoxy) is 1. The minimum absolute atomic E-state index is 0.0351. The first-order chi connectivity index (χ1) is 12.5. The van der Waals surface area contributed by atoms with Gasteiger partial charge < -0.3 is 15.0 Å². The third kappa shape index (κ3) is 2.97. The number of benzene rings is 1. The lowest BCUT2D eigenvalue weighted by atomic mass is 9.80. The second-order valence-corrected chi connectivity index (χ2v) is 8.02. The Balaban J connectivity index is 1.51. The summed E-state index contributed by atoms with van der Waals surface area (Å²) in [4.78, 5) is 18.9. The molecule has 0 saturated carbocycles. The smallest absolute Gasteiger partial charge is 0.322 e. The molecule has 2 fully saturated rings. The lowest BCUT2D eigenvalue weighted by molar-refractivity contribution is 0.127. The van der Waals surface area contributed by atoms with Crippen molar-refractivity contribution in [3.63, 3.8) is 0 Å². The van der Waals surface area contributed by atoms with Crippen molar-refractivity contribution >= 4 is 11.7 Å². The normalized spacial score (nSPS) is 23.7. The second-order valence-electron chi connectivity index (χ2n) is 8.02. The number of nitrogens with one attached hydrogen (secondary N) is 1. The van der Waals surface area contributed by atoms with E-state index in [1.165, 1.54) is 0 Å². The molecule has 0 aliphatic carbocycles. The molecule has 0 radical (unpaired) electrons. The molecule has 1 N–H and O–H groups in total. The Morgan fingerprint density at radius 3 is 2.73 bits per heavy atom. The Labute approximate surface area is 154 Å². The van der Waals surface area contributed by atoms with Gasteiger partial charge in [-0.1, -0.05) is 19.9 Å². The van der Waals surface area contributed by atoms with Gasteiger partial charge in [-0.2, -0.15) is 0 Å². The summed E-state index contributed by atoms with van der Waals surface area (Å²) in [6.45, 7) is 8.67. The number of amides is 2. The number of aromatic nitrogens is 1. The van der Waals surface area contributed by atoms with Crippen molar-refractivity contribution in [3.05, 3.63) is 48.3 Å². The second kappa shape index (κ2) is 6.40. The molecule has 4 rings (SSSR count). The van der Waals surface area contributed by atoms with Crippen LogP contribution < -0.4 is 5.32 Å². The molecular weight excluding hydrogens is 326 g/mol. The van der Waals surface area contributed by atoms with E-state index in [0.717, 1.165) is 35.5 Å². The predicted molar refractivity (Wildman–Crippen MR) is 102 cm³/mol. The Bertz CT molecular complexity index is 819. The number of nitrogens with zero attached hydrogens (tertiary/aromatic N) is 2. The van der Waals surface area contributed by atoms with E-state index < -0.39 is 0 Å². The summed E-state index contributed by atoms with van der Waals surface area (Å²) >= 11 is 0. The summed E-state index contributed by atoms with van der Waals surface area (Å²) in [5.74, 6) is 0.420. The third-order valence-electron chi connectivity index (χ3n) is 5.76. The molecule has 0 unspecified atom stereocenters. The number of carbonyl (C=O) groups is 1. The molecule has 136 valence electrons. The summed E-state index contributed by atoms with van der Waals surface area (Å²) in [6.07, 6.45) is 3.58. The largest absolute Gasteiger partial charge is 0.379 e. The Kier molecular flexibility index (Phi) is 4.19. The van der Waals surface area contributed by atoms with Gasteiger partial charge in [-0.25, -0.2) is 4.79 Å². The van der Waals surface area contributed by atoms with Crippen molar-refractivity contribution in [2.24, 2.45) is 11.3 Å². The number of hydrogen-bond acceptors (Lipinski definition) is 3. The Hall–Kier alpha value is -2.40. The first-order valence-corrected chi connectivity index (χ1v) is 9.12. The van der Waals surface area contributed by atoms with Crippen LogP contribution >= 0.6 is 0 Å². The molecule has 2 amide bonds. The zero-order chi connectivity index (χ0) is 18.3. The van der Waals surface area contributed by atoms with Crippen LogP contribution in [0, 0.1) is 18.3 Å². The molecule has 5 heteroatoms. The van der Waals surface area contributed by atoms with Crippen LogP contribution in [-0.4, -0.2) is 41.7 Å². The average Bonchev–Trinajstić information content (AvgIpc) is 3.19. The van der Waals surface area contributed by atoms with Gasteiger partial charge in [-0.3, -0.25) is 4.98 Å². The number of urea groups is 1. The van der Waals surface area contributed by atoms with E-state index in [1.807, 2.05) is 29.2 Å². The molecule has 2 aliphatic heterocycles. The van der Waals surface area contributed by atoms with Crippen LogP contribution in [0.1, 0.15) is 19.4 Å². The molecule has 2 aliphatic rings. The van der Waals surface area contributed by atoms with Gasteiger partial charge in [0.2, 0.25) is 0 Å². The van der Waals surface area contributed by atoms with Crippen LogP contribution in [0.3, 0.4) is 0 Å². The molecule has 2 aromatic rings. The van der Waals surface area contributed by atoms with Crippen LogP contribution in [0.2, 0.25) is 0 Å². The predicted octanol–water partition coefficient (Wildman–Crippen LogP) is 3.95. The number of anilines is 1. The SMILES string of the molecule is Cc1cc(NC(=O)N2CC(C)(C)[C@@H]3COC[C@@H]32)ccc1-c1ccncc1. The molecule has 2 saturated heterocycles. The summed E-state index contributed by atoms with van der Waals surface area (Å²) in [7, 11) is 0. The van der Waals surface area contributed by atoms with Gasteiger partial charge >= 0.3 is 6.03 Å². The lowest BCUT2D eigenvalue weighted by Crippen LogP contribution is -2.41. The number of rotatable bonds is 2. The van der Waals surface area contributed by atoms with Crippen LogP contribution in [0.25, 0.3) is 11.1 Å². The summed E-state index contributed by atoms with van der Waals surface area (Å²) < 4.78 is 5.63. The molecule has 2 atom stereocenters. The monoisotopic (exact) mass is 351 g/mol. The van der Waals surface area contributed by atoms with Gasteiger partial charge in [-0.05, 0) is 53.3 Å². The van der Waals surface area contributed by atoms with Crippen LogP contribution in [0.4, 0.5) is 10.5 Å². The van der Waals surface area contributed by atoms with Crippen molar-refractivity contribution in [2.75, 3.05) is 25.1 Å². The van der Waals surface area contributed by atoms with Crippen LogP contribution in [-0.2, 0) is 4.74 Å². The molecule has 1 aromatic heterocycles. The fraction of sp³-hybridized carbons (Fsp3) is 0.429. The molecule has 5 nitrogen and oxygen atoms in total. The van der Waals surface area contributed by atoms with E-state index in [9.17, 15) is 4.79 Å². The van der Waals surface area contributed by atoms with Gasteiger partial charge in [-0.15, -0.1) is 0 Å². The number of aryl methyl sites for hydroxylation is 1. The number of fused-ring (bicyclic) bond motifs is 1. The van der Waals surface area contributed by atoms with Crippen LogP contribution in [0.5, 0.6) is 0 Å². The number of likely N-dealkylation sites (tertiary alicyclic amines) is 1. The molecule has 3 heterocycles. The van der Waals surface area contributed by atoms with Crippen molar-refractivity contribution in [1.82, 2.24) is 9.88 Å². The quantitative estimate of drug-likeness (QED) is 0.891. The summed E-state index contributed by atoms with van der Waals surface area (Å²) in [5, 5.41) is 3.07. The highest BCUT2D eigenvalue weighted by molar-refractivity contribution is 5.90. The maximum atomic E-state index is 12.9. The van der Waals surface area contributed by atoms with Gasteiger partial charge in [0, 0.05) is 30.5 Å². The van der Waals surface area contributed by atoms with E-state index >= 15 is 0 Å². The number of pyridine rings is 1. The first kappa shape index (κ1) is 17.0. The van der Waals surface area contributed by atoms with Crippen molar-refractivity contribution in [1.29, 1.82) is 0 Å². The highest BCUT2D eigenvalue weighted by Gasteiger charge is 2.51. The van der Waals surface area contributed by atoms with E-state index in [1.54, 1.807) is 12.4 Å². The zero-order valence-electron chi connectivity index (χ0n) is 15.5. The lowest BCUT2D eigenvalue weighted by Gasteiger charge is -2.24. The standard InChI is InChI=1S/C21H25N3O2/c1-14-10-16(4-5-17(14)15-6-8-22-9-7-15)23-20(25)24-13-21(2,3)18-11-26-12-19(18)24/h4-10,18-19H,11-13H2,1-3H3,(H,23,25)/t18-,19+/m1/s1. The molecule has 0 spiro atoms. The maximum absolute atomic E-state index is 12.9. The average molecular weight is 351 g/mol. The van der Waals surface area contributed by atoms with Crippen molar-refractivity contribution in [2.45, 2.75) is 26.8 Å². The highest BCUT2D eigenvalue weighted by atomic mass is 16.5. The van der Waals surface area contributed by atoms with Gasteiger partial charge in [0.05, 0.1) is 19.3 Å². The Morgan fingerprint density at radius 2 is 2.00 bits per heavy atom. The van der Waals surface area contributed by atoms with Gasteiger partial charge in [0.15, 0.2) is 0 Å². The Morgan fingerprint density at radius 1 is 1.23 bits per heavy atom. The summed E-state index contributed by atoms with van der Waals surface area (Å²) in [5.41, 5.74) is 4.32. The first-order valence-electron chi connectivity index (χ1n) is 9.12.